The minimum Gasteiger partial charge on any atom is -0.302 e. The maximum Gasteiger partial charge on any atom is 0.0100 e. The van der Waals surface area contributed by atoms with Gasteiger partial charge in [0.05, 0.1) is 0 Å². The van der Waals surface area contributed by atoms with Gasteiger partial charge in [0.2, 0.25) is 0 Å². The van der Waals surface area contributed by atoms with E-state index in [-0.39, 0.29) is 0 Å². The van der Waals surface area contributed by atoms with Crippen LogP contribution in [0, 0.1) is 5.41 Å². The Hall–Kier alpha value is -0.340. The fourth-order valence-electron chi connectivity index (χ4n) is 2.96. The second kappa shape index (κ2) is 4.74. The summed E-state index contributed by atoms with van der Waals surface area (Å²) < 4.78 is 0. The normalized spacial score (nSPS) is 27.2. The van der Waals surface area contributed by atoms with Gasteiger partial charge in [0.1, 0.15) is 0 Å². The molecule has 1 unspecified atom stereocenters. The van der Waals surface area contributed by atoms with E-state index in [0.29, 0.717) is 5.41 Å². The van der Waals surface area contributed by atoms with Crippen LogP contribution >= 0.6 is 15.9 Å². The second-order valence-electron chi connectivity index (χ2n) is 5.77. The van der Waals surface area contributed by atoms with E-state index in [9.17, 15) is 0 Å². The Kier molecular flexibility index (Phi) is 3.27. The molecule has 1 aromatic carbocycles. The summed E-state index contributed by atoms with van der Waals surface area (Å²) in [6, 6.07) is 11.0. The van der Waals surface area contributed by atoms with Crippen LogP contribution in [-0.4, -0.2) is 29.9 Å². The lowest BCUT2D eigenvalue weighted by Crippen LogP contribution is -2.29. The molecule has 0 bridgehead atoms. The maximum absolute atomic E-state index is 3.67. The smallest absolute Gasteiger partial charge is 0.0100 e. The lowest BCUT2D eigenvalue weighted by atomic mass is 9.99. The molecule has 0 amide bonds. The largest absolute Gasteiger partial charge is 0.302 e. The van der Waals surface area contributed by atoms with E-state index in [4.69, 9.17) is 0 Å². The lowest BCUT2D eigenvalue weighted by molar-refractivity contribution is 0.277. The van der Waals surface area contributed by atoms with Gasteiger partial charge in [-0.05, 0) is 42.7 Å². The predicted octanol–water partition coefficient (Wildman–Crippen LogP) is 3.65. The van der Waals surface area contributed by atoms with Crippen LogP contribution < -0.4 is 0 Å². The molecule has 3 rings (SSSR count). The van der Waals surface area contributed by atoms with E-state index in [1.54, 1.807) is 0 Å². The zero-order valence-electron chi connectivity index (χ0n) is 10.2. The van der Waals surface area contributed by atoms with Crippen molar-refractivity contribution < 1.29 is 0 Å². The number of alkyl halides is 1. The van der Waals surface area contributed by atoms with Crippen LogP contribution in [0.15, 0.2) is 30.3 Å². The third kappa shape index (κ3) is 2.58. The average molecular weight is 294 g/mol. The van der Waals surface area contributed by atoms with Gasteiger partial charge in [-0.25, -0.2) is 0 Å². The Morgan fingerprint density at radius 3 is 2.65 bits per heavy atom. The number of rotatable bonds is 4. The number of hydrogen-bond acceptors (Lipinski definition) is 1. The highest BCUT2D eigenvalue weighted by Gasteiger charge is 2.43. The Labute approximate surface area is 112 Å². The van der Waals surface area contributed by atoms with E-state index in [0.717, 1.165) is 5.92 Å². The van der Waals surface area contributed by atoms with Crippen LogP contribution in [0.3, 0.4) is 0 Å². The minimum absolute atomic E-state index is 0.631. The van der Waals surface area contributed by atoms with Gasteiger partial charge in [-0.1, -0.05) is 46.3 Å². The van der Waals surface area contributed by atoms with E-state index in [1.807, 2.05) is 0 Å². The van der Waals surface area contributed by atoms with Crippen molar-refractivity contribution in [2.75, 3.05) is 25.0 Å². The van der Waals surface area contributed by atoms with Crippen LogP contribution in [0.1, 0.15) is 30.7 Å². The second-order valence-corrected chi connectivity index (χ2v) is 6.33. The summed E-state index contributed by atoms with van der Waals surface area (Å²) in [5.41, 5.74) is 2.16. The fourth-order valence-corrected chi connectivity index (χ4v) is 3.70. The van der Waals surface area contributed by atoms with Gasteiger partial charge in [0.15, 0.2) is 0 Å². The molecular formula is C15H20BrN. The van der Waals surface area contributed by atoms with Crippen LogP contribution in [0.4, 0.5) is 0 Å². The molecule has 1 saturated carbocycles. The Morgan fingerprint density at radius 1 is 1.24 bits per heavy atom. The van der Waals surface area contributed by atoms with Gasteiger partial charge in [0.25, 0.3) is 0 Å². The molecule has 0 N–H and O–H groups in total. The molecule has 1 heterocycles. The molecule has 1 aromatic rings. The maximum atomic E-state index is 3.67. The average Bonchev–Trinajstić information content (AvgIpc) is 3.00. The zero-order valence-corrected chi connectivity index (χ0v) is 11.8. The standard InChI is InChI=1S/C15H20BrN/c16-11-15(7-8-15)12-17-9-6-14(10-17)13-4-2-1-3-5-13/h1-5,14H,6-12H2. The zero-order chi connectivity index (χ0) is 11.7. The van der Waals surface area contributed by atoms with Crippen LogP contribution in [0.5, 0.6) is 0 Å². The molecule has 1 aliphatic carbocycles. The molecule has 2 heteroatoms. The van der Waals surface area contributed by atoms with E-state index in [1.165, 1.54) is 49.8 Å². The summed E-state index contributed by atoms with van der Waals surface area (Å²) in [4.78, 5) is 2.67. The molecule has 2 fully saturated rings. The number of hydrogen-bond donors (Lipinski definition) is 0. The van der Waals surface area contributed by atoms with Crippen molar-refractivity contribution in [1.29, 1.82) is 0 Å². The summed E-state index contributed by atoms with van der Waals surface area (Å²) in [5, 5.41) is 1.19. The van der Waals surface area contributed by atoms with Gasteiger partial charge in [-0.15, -0.1) is 0 Å². The molecule has 1 aliphatic heterocycles. The molecule has 2 aliphatic rings. The number of likely N-dealkylation sites (tertiary alicyclic amines) is 1. The lowest BCUT2D eigenvalue weighted by Gasteiger charge is -2.21. The van der Waals surface area contributed by atoms with Crippen molar-refractivity contribution in [1.82, 2.24) is 4.90 Å². The van der Waals surface area contributed by atoms with Gasteiger partial charge in [-0.3, -0.25) is 0 Å². The van der Waals surface area contributed by atoms with E-state index < -0.39 is 0 Å². The molecule has 1 atom stereocenters. The van der Waals surface area contributed by atoms with Crippen molar-refractivity contribution in [3.63, 3.8) is 0 Å². The van der Waals surface area contributed by atoms with Crippen LogP contribution in [0.2, 0.25) is 0 Å². The van der Waals surface area contributed by atoms with Gasteiger partial charge >= 0.3 is 0 Å². The molecule has 1 nitrogen and oxygen atoms in total. The van der Waals surface area contributed by atoms with Gasteiger partial charge in [-0.2, -0.15) is 0 Å². The molecule has 0 aromatic heterocycles. The number of benzene rings is 1. The number of halogens is 1. The van der Waals surface area contributed by atoms with Crippen molar-refractivity contribution in [3.8, 4) is 0 Å². The SMILES string of the molecule is BrCC1(CN2CCC(c3ccccc3)C2)CC1. The van der Waals surface area contributed by atoms with Crippen molar-refractivity contribution in [2.24, 2.45) is 5.41 Å². The van der Waals surface area contributed by atoms with Crippen LogP contribution in [0.25, 0.3) is 0 Å². The quantitative estimate of drug-likeness (QED) is 0.766. The summed E-state index contributed by atoms with van der Waals surface area (Å²) in [6.07, 6.45) is 4.18. The molecular weight excluding hydrogens is 274 g/mol. The molecule has 1 saturated heterocycles. The summed E-state index contributed by atoms with van der Waals surface area (Å²) in [6.45, 7) is 3.86. The molecule has 0 radical (unpaired) electrons. The first-order chi connectivity index (χ1) is 8.31. The molecule has 0 spiro atoms. The fraction of sp³-hybridized carbons (Fsp3) is 0.600. The van der Waals surface area contributed by atoms with E-state index >= 15 is 0 Å². The summed E-state index contributed by atoms with van der Waals surface area (Å²) >= 11 is 3.67. The number of nitrogens with zero attached hydrogens (tertiary/aromatic N) is 1. The topological polar surface area (TPSA) is 3.24 Å². The van der Waals surface area contributed by atoms with Crippen molar-refractivity contribution in [3.05, 3.63) is 35.9 Å². The summed E-state index contributed by atoms with van der Waals surface area (Å²) in [7, 11) is 0. The van der Waals surface area contributed by atoms with Crippen molar-refractivity contribution in [2.45, 2.75) is 25.2 Å². The van der Waals surface area contributed by atoms with Crippen molar-refractivity contribution >= 4 is 15.9 Å². The Bertz CT molecular complexity index is 372. The molecule has 92 valence electrons. The first-order valence-electron chi connectivity index (χ1n) is 6.65. The van der Waals surface area contributed by atoms with Gasteiger partial charge in [0, 0.05) is 18.4 Å². The third-order valence-electron chi connectivity index (χ3n) is 4.34. The first-order valence-corrected chi connectivity index (χ1v) is 7.77. The molecule has 17 heavy (non-hydrogen) atoms. The first kappa shape index (κ1) is 11.7. The summed E-state index contributed by atoms with van der Waals surface area (Å²) in [5.74, 6) is 0.766. The van der Waals surface area contributed by atoms with Gasteiger partial charge < -0.3 is 4.90 Å². The predicted molar refractivity (Wildman–Crippen MR) is 75.7 cm³/mol. The monoisotopic (exact) mass is 293 g/mol. The highest BCUT2D eigenvalue weighted by atomic mass is 79.9. The minimum atomic E-state index is 0.631. The van der Waals surface area contributed by atoms with Crippen LogP contribution in [-0.2, 0) is 0 Å². The Balaban J connectivity index is 1.59. The van der Waals surface area contributed by atoms with E-state index in [2.05, 4.69) is 51.2 Å². The Morgan fingerprint density at radius 2 is 2.00 bits per heavy atom. The highest BCUT2D eigenvalue weighted by Crippen LogP contribution is 2.48. The third-order valence-corrected chi connectivity index (χ3v) is 5.53. The highest BCUT2D eigenvalue weighted by molar-refractivity contribution is 9.09.